The average molecular weight is 307 g/mol. The topological polar surface area (TPSA) is 27.8 Å². The monoisotopic (exact) mass is 306 g/mol. The van der Waals surface area contributed by atoms with Crippen molar-refractivity contribution in [2.45, 2.75) is 13.1 Å². The Morgan fingerprint density at radius 1 is 1.00 bits per heavy atom. The lowest BCUT2D eigenvalue weighted by Crippen LogP contribution is -2.12. The van der Waals surface area contributed by atoms with Gasteiger partial charge in [0.25, 0.3) is 0 Å². The lowest BCUT2D eigenvalue weighted by Gasteiger charge is -2.05. The number of H-pyrrole nitrogens is 1. The van der Waals surface area contributed by atoms with Crippen LogP contribution in [0.25, 0.3) is 10.9 Å². The molecule has 0 fully saturated rings. The maximum atomic E-state index is 13.1. The number of aromatic nitrogens is 1. The third-order valence-corrected chi connectivity index (χ3v) is 3.59. The highest BCUT2D eigenvalue weighted by molar-refractivity contribution is 6.31. The van der Waals surface area contributed by atoms with Gasteiger partial charge in [-0.3, -0.25) is 0 Å². The van der Waals surface area contributed by atoms with E-state index in [4.69, 9.17) is 11.6 Å². The fraction of sp³-hybridized carbons (Fsp3) is 0.125. The maximum absolute atomic E-state index is 13.1. The molecule has 2 aromatic carbocycles. The van der Waals surface area contributed by atoms with Crippen LogP contribution in [0.3, 0.4) is 0 Å². The zero-order valence-electron chi connectivity index (χ0n) is 11.1. The van der Waals surface area contributed by atoms with Crippen LogP contribution in [0.1, 0.15) is 11.1 Å². The molecule has 0 spiro atoms. The van der Waals surface area contributed by atoms with E-state index in [2.05, 4.69) is 10.3 Å². The molecular formula is C16H13ClF2N2. The molecule has 3 rings (SSSR count). The Morgan fingerprint density at radius 3 is 2.67 bits per heavy atom. The van der Waals surface area contributed by atoms with Crippen LogP contribution in [0.4, 0.5) is 8.78 Å². The summed E-state index contributed by atoms with van der Waals surface area (Å²) < 4.78 is 25.9. The first-order valence-corrected chi connectivity index (χ1v) is 6.91. The second-order valence-electron chi connectivity index (χ2n) is 4.86. The highest BCUT2D eigenvalue weighted by Gasteiger charge is 2.05. The summed E-state index contributed by atoms with van der Waals surface area (Å²) in [5, 5.41) is 5.00. The SMILES string of the molecule is Fc1ccc(CNCc2c[nH]c3cc(Cl)ccc23)cc1F. The van der Waals surface area contributed by atoms with Crippen LogP contribution >= 0.6 is 11.6 Å². The quantitative estimate of drug-likeness (QED) is 0.735. The molecule has 0 saturated heterocycles. The zero-order valence-corrected chi connectivity index (χ0v) is 11.8. The Bertz CT molecular complexity index is 783. The van der Waals surface area contributed by atoms with Gasteiger partial charge in [-0.1, -0.05) is 23.7 Å². The number of hydrogen-bond acceptors (Lipinski definition) is 1. The molecule has 2 N–H and O–H groups in total. The van der Waals surface area contributed by atoms with Gasteiger partial charge in [0.05, 0.1) is 0 Å². The summed E-state index contributed by atoms with van der Waals surface area (Å²) in [6.07, 6.45) is 1.92. The van der Waals surface area contributed by atoms with Crippen LogP contribution in [0, 0.1) is 11.6 Å². The fourth-order valence-electron chi connectivity index (χ4n) is 2.30. The minimum absolute atomic E-state index is 0.470. The largest absolute Gasteiger partial charge is 0.361 e. The normalized spacial score (nSPS) is 11.2. The van der Waals surface area contributed by atoms with Crippen LogP contribution in [-0.2, 0) is 13.1 Å². The molecule has 1 aromatic heterocycles. The van der Waals surface area contributed by atoms with Gasteiger partial charge in [-0.15, -0.1) is 0 Å². The Balaban J connectivity index is 1.68. The van der Waals surface area contributed by atoms with Gasteiger partial charge < -0.3 is 10.3 Å². The molecule has 0 radical (unpaired) electrons. The average Bonchev–Trinajstić information content (AvgIpc) is 2.85. The molecule has 0 aliphatic heterocycles. The fourth-order valence-corrected chi connectivity index (χ4v) is 2.47. The van der Waals surface area contributed by atoms with Crippen molar-refractivity contribution in [1.82, 2.24) is 10.3 Å². The Kier molecular flexibility index (Phi) is 3.90. The first-order chi connectivity index (χ1) is 10.1. The zero-order chi connectivity index (χ0) is 14.8. The first-order valence-electron chi connectivity index (χ1n) is 6.53. The van der Waals surface area contributed by atoms with Gasteiger partial charge in [0.15, 0.2) is 11.6 Å². The molecule has 5 heteroatoms. The second-order valence-corrected chi connectivity index (χ2v) is 5.29. The smallest absolute Gasteiger partial charge is 0.159 e. The van der Waals surface area contributed by atoms with Crippen molar-refractivity contribution in [1.29, 1.82) is 0 Å². The summed E-state index contributed by atoms with van der Waals surface area (Å²) in [7, 11) is 0. The van der Waals surface area contributed by atoms with Crippen molar-refractivity contribution < 1.29 is 8.78 Å². The summed E-state index contributed by atoms with van der Waals surface area (Å²) in [6, 6.07) is 9.59. The highest BCUT2D eigenvalue weighted by Crippen LogP contribution is 2.22. The summed E-state index contributed by atoms with van der Waals surface area (Å²) in [5.74, 6) is -1.65. The van der Waals surface area contributed by atoms with Crippen LogP contribution in [0.2, 0.25) is 5.02 Å². The van der Waals surface area contributed by atoms with Crippen molar-refractivity contribution in [3.8, 4) is 0 Å². The van der Waals surface area contributed by atoms with Gasteiger partial charge in [-0.25, -0.2) is 8.78 Å². The van der Waals surface area contributed by atoms with Crippen molar-refractivity contribution in [2.75, 3.05) is 0 Å². The molecule has 1 heterocycles. The molecule has 0 saturated carbocycles. The van der Waals surface area contributed by atoms with E-state index in [0.717, 1.165) is 22.5 Å². The van der Waals surface area contributed by atoms with E-state index in [9.17, 15) is 8.78 Å². The van der Waals surface area contributed by atoms with Gasteiger partial charge in [-0.05, 0) is 35.4 Å². The number of nitrogens with one attached hydrogen (secondary N) is 2. The molecule has 0 amide bonds. The molecule has 0 aliphatic rings. The van der Waals surface area contributed by atoms with E-state index in [1.54, 1.807) is 6.07 Å². The molecule has 108 valence electrons. The summed E-state index contributed by atoms with van der Waals surface area (Å²) >= 11 is 5.94. The minimum atomic E-state index is -0.827. The predicted molar refractivity (Wildman–Crippen MR) is 80.2 cm³/mol. The van der Waals surface area contributed by atoms with Crippen molar-refractivity contribution in [3.05, 3.63) is 70.4 Å². The predicted octanol–water partition coefficient (Wildman–Crippen LogP) is 4.39. The van der Waals surface area contributed by atoms with Crippen molar-refractivity contribution in [3.63, 3.8) is 0 Å². The van der Waals surface area contributed by atoms with Crippen molar-refractivity contribution >= 4 is 22.5 Å². The summed E-state index contributed by atoms with van der Waals surface area (Å²) in [5.41, 5.74) is 2.79. The molecule has 3 aromatic rings. The third kappa shape index (κ3) is 3.06. The maximum Gasteiger partial charge on any atom is 0.159 e. The van der Waals surface area contributed by atoms with Crippen LogP contribution in [-0.4, -0.2) is 4.98 Å². The van der Waals surface area contributed by atoms with Gasteiger partial charge in [0.1, 0.15) is 0 Å². The number of benzene rings is 2. The van der Waals surface area contributed by atoms with Gasteiger partial charge in [-0.2, -0.15) is 0 Å². The van der Waals surface area contributed by atoms with Crippen LogP contribution in [0.5, 0.6) is 0 Å². The highest BCUT2D eigenvalue weighted by atomic mass is 35.5. The Hall–Kier alpha value is -1.91. The van der Waals surface area contributed by atoms with E-state index < -0.39 is 11.6 Å². The molecule has 0 aliphatic carbocycles. The summed E-state index contributed by atoms with van der Waals surface area (Å²) in [6.45, 7) is 1.10. The lowest BCUT2D eigenvalue weighted by atomic mass is 10.1. The van der Waals surface area contributed by atoms with Crippen LogP contribution < -0.4 is 5.32 Å². The Labute approximate surface area is 125 Å². The lowest BCUT2D eigenvalue weighted by molar-refractivity contribution is 0.506. The van der Waals surface area contributed by atoms with E-state index >= 15 is 0 Å². The van der Waals surface area contributed by atoms with Gasteiger partial charge >= 0.3 is 0 Å². The number of hydrogen-bond donors (Lipinski definition) is 2. The number of rotatable bonds is 4. The van der Waals surface area contributed by atoms with E-state index in [0.29, 0.717) is 23.7 Å². The molecule has 0 atom stereocenters. The van der Waals surface area contributed by atoms with Gasteiger partial charge in [0, 0.05) is 35.2 Å². The van der Waals surface area contributed by atoms with Crippen LogP contribution in [0.15, 0.2) is 42.6 Å². The van der Waals surface area contributed by atoms with E-state index in [1.807, 2.05) is 24.4 Å². The number of aromatic amines is 1. The van der Waals surface area contributed by atoms with E-state index in [1.165, 1.54) is 6.07 Å². The first kappa shape index (κ1) is 14.0. The second kappa shape index (κ2) is 5.84. The Morgan fingerprint density at radius 2 is 1.86 bits per heavy atom. The molecule has 21 heavy (non-hydrogen) atoms. The molecule has 0 bridgehead atoms. The molecular weight excluding hydrogens is 294 g/mol. The van der Waals surface area contributed by atoms with Gasteiger partial charge in [0.2, 0.25) is 0 Å². The number of fused-ring (bicyclic) bond motifs is 1. The third-order valence-electron chi connectivity index (χ3n) is 3.36. The van der Waals surface area contributed by atoms with Crippen molar-refractivity contribution in [2.24, 2.45) is 0 Å². The summed E-state index contributed by atoms with van der Waals surface area (Å²) in [4.78, 5) is 3.16. The number of halogens is 3. The molecule has 0 unspecified atom stereocenters. The van der Waals surface area contributed by atoms with E-state index in [-0.39, 0.29) is 0 Å². The standard InChI is InChI=1S/C16H13ClF2N2/c17-12-2-3-13-11(9-21-16(13)6-12)8-20-7-10-1-4-14(18)15(19)5-10/h1-6,9,20-21H,7-8H2. The molecule has 2 nitrogen and oxygen atoms in total. The minimum Gasteiger partial charge on any atom is -0.361 e.